The summed E-state index contributed by atoms with van der Waals surface area (Å²) in [4.78, 5) is 15.6. The van der Waals surface area contributed by atoms with Crippen LogP contribution in [0.1, 0.15) is 26.2 Å². The third-order valence-electron chi connectivity index (χ3n) is 5.31. The number of rotatable bonds is 4. The van der Waals surface area contributed by atoms with Gasteiger partial charge in [-0.15, -0.1) is 0 Å². The third-order valence-corrected chi connectivity index (χ3v) is 5.31. The molecule has 3 rings (SSSR count). The van der Waals surface area contributed by atoms with Crippen LogP contribution in [-0.4, -0.2) is 63.3 Å². The predicted molar refractivity (Wildman–Crippen MR) is 106 cm³/mol. The molecule has 27 heavy (non-hydrogen) atoms. The van der Waals surface area contributed by atoms with Gasteiger partial charge >= 0.3 is 6.09 Å². The highest BCUT2D eigenvalue weighted by atomic mass is 16.6. The monoisotopic (exact) mass is 376 g/mol. The van der Waals surface area contributed by atoms with Gasteiger partial charge in [-0.2, -0.15) is 0 Å². The lowest BCUT2D eigenvalue weighted by Gasteiger charge is -2.29. The first-order valence-electron chi connectivity index (χ1n) is 9.49. The van der Waals surface area contributed by atoms with Crippen LogP contribution in [0.2, 0.25) is 0 Å². The number of fused-ring (bicyclic) bond motifs is 1. The molecule has 0 radical (unpaired) electrons. The van der Waals surface area contributed by atoms with E-state index in [0.717, 1.165) is 36.0 Å². The molecule has 0 N–H and O–H groups in total. The van der Waals surface area contributed by atoms with Crippen molar-refractivity contribution >= 4 is 6.09 Å². The maximum Gasteiger partial charge on any atom is 0.414 e. The van der Waals surface area contributed by atoms with Crippen molar-refractivity contribution in [3.05, 3.63) is 36.1 Å². The normalized spacial score (nSPS) is 21.3. The number of methoxy groups -OCH3 is 2. The largest absolute Gasteiger partial charge is 0.493 e. The molecule has 2 atom stereocenters. The van der Waals surface area contributed by atoms with Crippen molar-refractivity contribution in [2.24, 2.45) is 5.92 Å². The zero-order valence-electron chi connectivity index (χ0n) is 17.1. The Morgan fingerprint density at radius 1 is 1.22 bits per heavy atom. The highest BCUT2D eigenvalue weighted by Gasteiger charge is 2.35. The molecule has 2 unspecified atom stereocenters. The van der Waals surface area contributed by atoms with Crippen LogP contribution in [0.15, 0.2) is 36.1 Å². The van der Waals surface area contributed by atoms with Crippen molar-refractivity contribution in [2.75, 3.05) is 41.4 Å². The van der Waals surface area contributed by atoms with Gasteiger partial charge in [-0.25, -0.2) is 4.79 Å². The Morgan fingerprint density at radius 2 is 1.85 bits per heavy atom. The first-order chi connectivity index (χ1) is 13.0. The van der Waals surface area contributed by atoms with E-state index in [2.05, 4.69) is 18.0 Å². The minimum absolute atomic E-state index is 0.238. The summed E-state index contributed by atoms with van der Waals surface area (Å²) in [6.07, 6.45) is 5.06. The van der Waals surface area contributed by atoms with Gasteiger partial charge in [0, 0.05) is 26.1 Å². The summed E-state index contributed by atoms with van der Waals surface area (Å²) < 4.78 is 15.4. The number of carbonyl (C=O) groups is 1. The third kappa shape index (κ3) is 5.63. The molecule has 0 saturated carbocycles. The zero-order chi connectivity index (χ0) is 19.8. The van der Waals surface area contributed by atoms with Crippen molar-refractivity contribution in [3.8, 4) is 11.5 Å². The van der Waals surface area contributed by atoms with Gasteiger partial charge < -0.3 is 24.0 Å². The Balaban J connectivity index is 0.000000223. The van der Waals surface area contributed by atoms with Crippen LogP contribution < -0.4 is 9.47 Å². The fourth-order valence-corrected chi connectivity index (χ4v) is 3.45. The van der Waals surface area contributed by atoms with E-state index < -0.39 is 0 Å². The van der Waals surface area contributed by atoms with Crippen molar-refractivity contribution in [3.63, 3.8) is 0 Å². The standard InChI is InChI=1S/C13H22N2O2.C8H10O2/c1-4-14(2)13(16)17-11-6-5-10-7-8-15(3)12(10)9-11;1-9-7-5-3-4-6-8(7)10-2/h6,10,12H,4-5,7-9H2,1-3H3;3-6H,1-2H3. The van der Waals surface area contributed by atoms with Crippen molar-refractivity contribution in [2.45, 2.75) is 32.2 Å². The van der Waals surface area contributed by atoms with Crippen LogP contribution in [-0.2, 0) is 4.74 Å². The van der Waals surface area contributed by atoms with Crippen LogP contribution in [0.5, 0.6) is 11.5 Å². The second kappa shape index (κ2) is 10.2. The van der Waals surface area contributed by atoms with Crippen LogP contribution in [0, 0.1) is 5.92 Å². The quantitative estimate of drug-likeness (QED) is 0.800. The van der Waals surface area contributed by atoms with E-state index in [0.29, 0.717) is 12.6 Å². The number of hydrogen-bond acceptors (Lipinski definition) is 5. The SMILES string of the molecule is CCN(C)C(=O)OC1=CCC2CCN(C)C2C1.COc1ccccc1OC. The fraction of sp³-hybridized carbons (Fsp3) is 0.571. The number of likely N-dealkylation sites (tertiary alicyclic amines) is 1. The lowest BCUT2D eigenvalue weighted by Crippen LogP contribution is -2.33. The van der Waals surface area contributed by atoms with Gasteiger partial charge in [0.05, 0.1) is 14.2 Å². The lowest BCUT2D eigenvalue weighted by atomic mass is 9.89. The Labute approximate surface area is 162 Å². The second-order valence-electron chi connectivity index (χ2n) is 6.94. The van der Waals surface area contributed by atoms with Crippen LogP contribution in [0.3, 0.4) is 0 Å². The summed E-state index contributed by atoms with van der Waals surface area (Å²) in [7, 11) is 7.17. The average molecular weight is 376 g/mol. The van der Waals surface area contributed by atoms with Gasteiger partial charge in [0.15, 0.2) is 11.5 Å². The average Bonchev–Trinajstić information content (AvgIpc) is 3.08. The van der Waals surface area contributed by atoms with E-state index in [1.807, 2.05) is 31.2 Å². The minimum atomic E-state index is -0.238. The molecule has 6 nitrogen and oxygen atoms in total. The summed E-state index contributed by atoms with van der Waals surface area (Å²) in [5, 5.41) is 0. The molecule has 1 aliphatic heterocycles. The molecule has 1 aromatic rings. The van der Waals surface area contributed by atoms with Crippen molar-refractivity contribution < 1.29 is 19.0 Å². The number of nitrogens with zero attached hydrogens (tertiary/aromatic N) is 2. The smallest absolute Gasteiger partial charge is 0.414 e. The molecule has 1 heterocycles. The first kappa shape index (κ1) is 21.1. The molecular formula is C21H32N2O4. The Hall–Kier alpha value is -2.21. The maximum absolute atomic E-state index is 11.7. The van der Waals surface area contributed by atoms with E-state index in [1.54, 1.807) is 26.2 Å². The number of allylic oxidation sites excluding steroid dienone is 1. The number of para-hydroxylation sites is 2. The van der Waals surface area contributed by atoms with Gasteiger partial charge in [-0.05, 0) is 57.5 Å². The van der Waals surface area contributed by atoms with E-state index in [9.17, 15) is 4.79 Å². The predicted octanol–water partition coefficient (Wildman–Crippen LogP) is 3.78. The van der Waals surface area contributed by atoms with E-state index >= 15 is 0 Å². The molecule has 0 spiro atoms. The van der Waals surface area contributed by atoms with Gasteiger partial charge in [0.1, 0.15) is 5.76 Å². The molecule has 1 fully saturated rings. The first-order valence-corrected chi connectivity index (χ1v) is 9.49. The minimum Gasteiger partial charge on any atom is -0.493 e. The molecule has 1 saturated heterocycles. The Kier molecular flexibility index (Phi) is 7.98. The molecule has 1 aliphatic carbocycles. The Bertz CT molecular complexity index is 624. The Morgan fingerprint density at radius 3 is 2.41 bits per heavy atom. The number of benzene rings is 1. The summed E-state index contributed by atoms with van der Waals surface area (Å²) in [5.74, 6) is 3.15. The molecule has 1 aromatic carbocycles. The lowest BCUT2D eigenvalue weighted by molar-refractivity contribution is 0.126. The van der Waals surface area contributed by atoms with Gasteiger partial charge in [0.2, 0.25) is 0 Å². The maximum atomic E-state index is 11.7. The van der Waals surface area contributed by atoms with Crippen molar-refractivity contribution in [1.82, 2.24) is 9.80 Å². The molecule has 2 aliphatic rings. The van der Waals surface area contributed by atoms with Crippen LogP contribution in [0.4, 0.5) is 4.79 Å². The molecule has 0 bridgehead atoms. The fourth-order valence-electron chi connectivity index (χ4n) is 3.45. The number of carbonyl (C=O) groups excluding carboxylic acids is 1. The summed E-state index contributed by atoms with van der Waals surface area (Å²) >= 11 is 0. The number of amides is 1. The zero-order valence-corrected chi connectivity index (χ0v) is 17.1. The van der Waals surface area contributed by atoms with Gasteiger partial charge in [0.25, 0.3) is 0 Å². The molecule has 150 valence electrons. The topological polar surface area (TPSA) is 51.2 Å². The van der Waals surface area contributed by atoms with Crippen LogP contribution >= 0.6 is 0 Å². The molecule has 6 heteroatoms. The highest BCUT2D eigenvalue weighted by Crippen LogP contribution is 2.35. The van der Waals surface area contributed by atoms with E-state index in [4.69, 9.17) is 14.2 Å². The van der Waals surface area contributed by atoms with Gasteiger partial charge in [-0.1, -0.05) is 12.1 Å². The summed E-state index contributed by atoms with van der Waals surface area (Å²) in [6.45, 7) is 3.79. The number of ether oxygens (including phenoxy) is 3. The van der Waals surface area contributed by atoms with Crippen LogP contribution in [0.25, 0.3) is 0 Å². The van der Waals surface area contributed by atoms with Gasteiger partial charge in [-0.3, -0.25) is 0 Å². The molecule has 1 amide bonds. The second-order valence-corrected chi connectivity index (χ2v) is 6.94. The highest BCUT2D eigenvalue weighted by molar-refractivity contribution is 5.68. The summed E-state index contributed by atoms with van der Waals surface area (Å²) in [5.41, 5.74) is 0. The van der Waals surface area contributed by atoms with Crippen molar-refractivity contribution in [1.29, 1.82) is 0 Å². The summed E-state index contributed by atoms with van der Waals surface area (Å²) in [6, 6.07) is 8.09. The molecular weight excluding hydrogens is 344 g/mol. The number of hydrogen-bond donors (Lipinski definition) is 0. The van der Waals surface area contributed by atoms with E-state index in [-0.39, 0.29) is 6.09 Å². The van der Waals surface area contributed by atoms with E-state index in [1.165, 1.54) is 13.0 Å². The molecule has 0 aromatic heterocycles.